The zero-order valence-corrected chi connectivity index (χ0v) is 23.7. The first-order valence-corrected chi connectivity index (χ1v) is 14.5. The van der Waals surface area contributed by atoms with Crippen molar-refractivity contribution in [1.29, 1.82) is 0 Å². The number of thioether (sulfide) groups is 1. The van der Waals surface area contributed by atoms with Gasteiger partial charge in [-0.25, -0.2) is 4.79 Å². The van der Waals surface area contributed by atoms with Gasteiger partial charge in [-0.3, -0.25) is 9.69 Å². The van der Waals surface area contributed by atoms with Crippen molar-refractivity contribution in [2.75, 3.05) is 12.3 Å². The second-order valence-corrected chi connectivity index (χ2v) is 12.1. The van der Waals surface area contributed by atoms with Gasteiger partial charge in [0.1, 0.15) is 11.6 Å². The summed E-state index contributed by atoms with van der Waals surface area (Å²) in [5, 5.41) is 12.9. The number of benzene rings is 3. The van der Waals surface area contributed by atoms with Crippen molar-refractivity contribution in [1.82, 2.24) is 10.2 Å². The number of hydrogen-bond donors (Lipinski definition) is 2. The SMILES string of the molecule is CC(C)(C)OC(=O)N[C@@H](CCSC(c1ccccc1)(c1ccccc1)c1ccccc1)N1CCC[C@H]1C(=O)O. The van der Waals surface area contributed by atoms with Crippen LogP contribution in [0, 0.1) is 0 Å². The van der Waals surface area contributed by atoms with Crippen molar-refractivity contribution in [3.63, 3.8) is 0 Å². The fraction of sp³-hybridized carbons (Fsp3) is 0.375. The lowest BCUT2D eigenvalue weighted by molar-refractivity contribution is -0.143. The molecule has 0 radical (unpaired) electrons. The minimum absolute atomic E-state index is 0.462. The molecule has 0 spiro atoms. The molecule has 0 aromatic heterocycles. The summed E-state index contributed by atoms with van der Waals surface area (Å²) in [6.45, 7) is 6.08. The highest BCUT2D eigenvalue weighted by molar-refractivity contribution is 8.00. The van der Waals surface area contributed by atoms with E-state index in [1.165, 1.54) is 0 Å². The largest absolute Gasteiger partial charge is 0.480 e. The summed E-state index contributed by atoms with van der Waals surface area (Å²) < 4.78 is 5.06. The van der Waals surface area contributed by atoms with Crippen molar-refractivity contribution in [3.8, 4) is 0 Å². The monoisotopic (exact) mass is 546 g/mol. The van der Waals surface area contributed by atoms with Crippen LogP contribution >= 0.6 is 11.8 Å². The molecule has 0 bridgehead atoms. The first-order valence-electron chi connectivity index (χ1n) is 13.5. The van der Waals surface area contributed by atoms with Crippen LogP contribution in [0.1, 0.15) is 56.7 Å². The molecule has 39 heavy (non-hydrogen) atoms. The van der Waals surface area contributed by atoms with Gasteiger partial charge in [0.15, 0.2) is 0 Å². The molecular weight excluding hydrogens is 508 g/mol. The highest BCUT2D eigenvalue weighted by atomic mass is 32.2. The van der Waals surface area contributed by atoms with E-state index >= 15 is 0 Å². The lowest BCUT2D eigenvalue weighted by atomic mass is 9.84. The van der Waals surface area contributed by atoms with Crippen molar-refractivity contribution in [3.05, 3.63) is 108 Å². The maximum Gasteiger partial charge on any atom is 0.408 e. The summed E-state index contributed by atoms with van der Waals surface area (Å²) >= 11 is 1.80. The molecule has 6 nitrogen and oxygen atoms in total. The van der Waals surface area contributed by atoms with Crippen LogP contribution in [0.2, 0.25) is 0 Å². The Balaban J connectivity index is 1.67. The predicted molar refractivity (Wildman–Crippen MR) is 157 cm³/mol. The number of carboxylic acids is 1. The Morgan fingerprint density at radius 3 is 1.85 bits per heavy atom. The summed E-state index contributed by atoms with van der Waals surface area (Å²) in [5.74, 6) is -0.189. The molecule has 1 fully saturated rings. The number of carbonyl (C=O) groups excluding carboxylic acids is 1. The van der Waals surface area contributed by atoms with E-state index in [0.717, 1.165) is 23.1 Å². The summed E-state index contributed by atoms with van der Waals surface area (Å²) in [6, 6.07) is 30.7. The third-order valence-corrected chi connectivity index (χ3v) is 8.49. The van der Waals surface area contributed by atoms with Crippen LogP contribution < -0.4 is 5.32 Å². The van der Waals surface area contributed by atoms with Gasteiger partial charge < -0.3 is 15.2 Å². The molecule has 1 amide bonds. The van der Waals surface area contributed by atoms with E-state index < -0.39 is 34.6 Å². The Kier molecular flexibility index (Phi) is 9.36. The van der Waals surface area contributed by atoms with Gasteiger partial charge >= 0.3 is 12.1 Å². The van der Waals surface area contributed by atoms with Crippen LogP contribution in [-0.4, -0.2) is 52.2 Å². The topological polar surface area (TPSA) is 78.9 Å². The molecule has 7 heteroatoms. The Morgan fingerprint density at radius 2 is 1.41 bits per heavy atom. The second-order valence-electron chi connectivity index (χ2n) is 10.8. The van der Waals surface area contributed by atoms with Crippen molar-refractivity contribution < 1.29 is 19.4 Å². The Labute approximate surface area is 235 Å². The molecule has 1 aliphatic rings. The number of alkyl carbamates (subject to hydrolysis) is 1. The first-order chi connectivity index (χ1) is 18.7. The number of carbonyl (C=O) groups is 2. The van der Waals surface area contributed by atoms with Crippen LogP contribution in [0.3, 0.4) is 0 Å². The van der Waals surface area contributed by atoms with Gasteiger partial charge in [-0.05, 0) is 62.5 Å². The number of nitrogens with one attached hydrogen (secondary N) is 1. The van der Waals surface area contributed by atoms with Crippen molar-refractivity contribution in [2.24, 2.45) is 0 Å². The summed E-state index contributed by atoms with van der Waals surface area (Å²) in [4.78, 5) is 26.7. The van der Waals surface area contributed by atoms with E-state index in [1.807, 2.05) is 43.9 Å². The Bertz CT molecular complexity index is 1120. The predicted octanol–water partition coefficient (Wildman–Crippen LogP) is 6.50. The van der Waals surface area contributed by atoms with E-state index in [4.69, 9.17) is 4.74 Å². The van der Waals surface area contributed by atoms with Gasteiger partial charge in [0.05, 0.1) is 10.9 Å². The minimum atomic E-state index is -0.858. The summed E-state index contributed by atoms with van der Waals surface area (Å²) in [5.41, 5.74) is 2.83. The third-order valence-electron chi connectivity index (χ3n) is 6.91. The molecule has 3 aromatic carbocycles. The molecule has 0 aliphatic carbocycles. The zero-order chi connectivity index (χ0) is 27.9. The molecule has 0 saturated carbocycles. The molecule has 1 saturated heterocycles. The van der Waals surface area contributed by atoms with E-state index in [-0.39, 0.29) is 0 Å². The molecule has 1 heterocycles. The van der Waals surface area contributed by atoms with Gasteiger partial charge in [0, 0.05) is 6.54 Å². The average molecular weight is 547 g/mol. The van der Waals surface area contributed by atoms with E-state index in [1.54, 1.807) is 11.8 Å². The number of hydrogen-bond acceptors (Lipinski definition) is 5. The maximum atomic E-state index is 12.8. The van der Waals surface area contributed by atoms with Crippen LogP contribution in [0.25, 0.3) is 0 Å². The lowest BCUT2D eigenvalue weighted by Crippen LogP contribution is -2.53. The van der Waals surface area contributed by atoms with Crippen LogP contribution in [0.15, 0.2) is 91.0 Å². The van der Waals surface area contributed by atoms with Gasteiger partial charge in [0.2, 0.25) is 0 Å². The number of rotatable bonds is 10. The molecule has 0 unspecified atom stereocenters. The minimum Gasteiger partial charge on any atom is -0.480 e. The normalized spacial score (nSPS) is 16.9. The maximum absolute atomic E-state index is 12.8. The average Bonchev–Trinajstić information content (AvgIpc) is 3.42. The van der Waals surface area contributed by atoms with E-state index in [9.17, 15) is 14.7 Å². The first kappa shape index (κ1) is 28.7. The molecular formula is C32H38N2O4S. The van der Waals surface area contributed by atoms with Crippen LogP contribution in [0.5, 0.6) is 0 Å². The number of amides is 1. The molecule has 2 atom stereocenters. The number of ether oxygens (including phenoxy) is 1. The van der Waals surface area contributed by atoms with Crippen LogP contribution in [0.4, 0.5) is 4.79 Å². The van der Waals surface area contributed by atoms with E-state index in [0.29, 0.717) is 25.1 Å². The Hall–Kier alpha value is -3.29. The third kappa shape index (κ3) is 7.02. The molecule has 3 aromatic rings. The highest BCUT2D eigenvalue weighted by Crippen LogP contribution is 2.48. The van der Waals surface area contributed by atoms with E-state index in [2.05, 4.69) is 78.1 Å². The second kappa shape index (κ2) is 12.7. The zero-order valence-electron chi connectivity index (χ0n) is 22.9. The number of nitrogens with zero attached hydrogens (tertiary/aromatic N) is 1. The van der Waals surface area contributed by atoms with Gasteiger partial charge in [-0.15, -0.1) is 11.8 Å². The number of carboxylic acid groups (broad SMARTS) is 1. The molecule has 206 valence electrons. The molecule has 1 aliphatic heterocycles. The quantitative estimate of drug-likeness (QED) is 0.283. The molecule has 4 rings (SSSR count). The Morgan fingerprint density at radius 1 is 0.923 bits per heavy atom. The van der Waals surface area contributed by atoms with Gasteiger partial charge in [-0.1, -0.05) is 91.0 Å². The van der Waals surface area contributed by atoms with Gasteiger partial charge in [0.25, 0.3) is 0 Å². The van der Waals surface area contributed by atoms with Crippen molar-refractivity contribution >= 4 is 23.8 Å². The molecule has 2 N–H and O–H groups in total. The smallest absolute Gasteiger partial charge is 0.408 e. The van der Waals surface area contributed by atoms with Crippen molar-refractivity contribution in [2.45, 2.75) is 62.6 Å². The van der Waals surface area contributed by atoms with Gasteiger partial charge in [-0.2, -0.15) is 0 Å². The summed E-state index contributed by atoms with van der Waals surface area (Å²) in [6.07, 6.45) is 0.905. The number of aliphatic carboxylic acids is 1. The lowest BCUT2D eigenvalue weighted by Gasteiger charge is -2.37. The fourth-order valence-corrected chi connectivity index (χ4v) is 6.84. The fourth-order valence-electron chi connectivity index (χ4n) is 5.28. The number of likely N-dealkylation sites (tertiary alicyclic amines) is 1. The van der Waals surface area contributed by atoms with Crippen LogP contribution in [-0.2, 0) is 14.3 Å². The summed E-state index contributed by atoms with van der Waals surface area (Å²) in [7, 11) is 0. The highest BCUT2D eigenvalue weighted by Gasteiger charge is 2.39. The standard InChI is InChI=1S/C32H38N2O4S/c1-31(2,3)38-30(37)33-28(34-22-13-20-27(34)29(35)36)21-23-39-32(24-14-7-4-8-15-24,25-16-9-5-10-17-25)26-18-11-6-12-19-26/h4-12,14-19,27-28H,13,20-23H2,1-3H3,(H,33,37)(H,35,36)/t27-,28+/m0/s1.